The Morgan fingerprint density at radius 3 is 2.93 bits per heavy atom. The largest absolute Gasteiger partial charge is 0.492 e. The summed E-state index contributed by atoms with van der Waals surface area (Å²) in [5, 5.41) is 8.02. The third-order valence-electron chi connectivity index (χ3n) is 4.56. The Labute approximate surface area is 167 Å². The van der Waals surface area contributed by atoms with Gasteiger partial charge in [-0.1, -0.05) is 17.7 Å². The maximum absolute atomic E-state index is 12.7. The normalized spacial score (nSPS) is 15.5. The molecule has 0 spiro atoms. The zero-order valence-corrected chi connectivity index (χ0v) is 16.3. The first-order chi connectivity index (χ1) is 13.5. The molecule has 2 aromatic carbocycles. The summed E-state index contributed by atoms with van der Waals surface area (Å²) in [7, 11) is 3.77. The molecule has 0 radical (unpaired) electrons. The topological polar surface area (TPSA) is 72.3 Å². The van der Waals surface area contributed by atoms with E-state index in [1.165, 1.54) is 0 Å². The summed E-state index contributed by atoms with van der Waals surface area (Å²) in [5.74, 6) is 1.04. The number of aromatic nitrogens is 3. The predicted molar refractivity (Wildman–Crippen MR) is 108 cm³/mol. The summed E-state index contributed by atoms with van der Waals surface area (Å²) in [5.41, 5.74) is 2.46. The summed E-state index contributed by atoms with van der Waals surface area (Å²) in [6.07, 6.45) is 2.24. The number of rotatable bonds is 4. The second-order valence-electron chi connectivity index (χ2n) is 6.89. The molecule has 4 rings (SSSR count). The van der Waals surface area contributed by atoms with Crippen molar-refractivity contribution in [3.63, 3.8) is 0 Å². The van der Waals surface area contributed by atoms with Crippen LogP contribution >= 0.6 is 11.6 Å². The molecule has 1 N–H and O–H groups in total. The molecule has 0 saturated carbocycles. The van der Waals surface area contributed by atoms with Gasteiger partial charge in [0.2, 0.25) is 11.9 Å². The Hall–Kier alpha value is -3.06. The molecule has 8 heteroatoms. The predicted octanol–water partition coefficient (Wildman–Crippen LogP) is 3.18. The maximum atomic E-state index is 12.7. The van der Waals surface area contributed by atoms with Gasteiger partial charge in [-0.05, 0) is 48.4 Å². The maximum Gasteiger partial charge on any atom is 0.244 e. The number of nitrogens with one attached hydrogen (secondary N) is 1. The fourth-order valence-corrected chi connectivity index (χ4v) is 3.28. The number of hydrogen-bond donors (Lipinski definition) is 1. The van der Waals surface area contributed by atoms with Crippen molar-refractivity contribution in [3.05, 3.63) is 59.4 Å². The number of ether oxygens (including phenoxy) is 1. The Kier molecular flexibility index (Phi) is 4.92. The van der Waals surface area contributed by atoms with E-state index in [0.717, 1.165) is 17.0 Å². The Balaban J connectivity index is 1.48. The van der Waals surface area contributed by atoms with Gasteiger partial charge in [-0.2, -0.15) is 4.98 Å². The Bertz CT molecular complexity index is 1020. The van der Waals surface area contributed by atoms with E-state index in [4.69, 9.17) is 16.3 Å². The van der Waals surface area contributed by atoms with Crippen LogP contribution in [0.15, 0.2) is 48.8 Å². The average molecular weight is 398 g/mol. The molecular formula is C20H20ClN5O2. The zero-order chi connectivity index (χ0) is 19.7. The molecule has 1 amide bonds. The van der Waals surface area contributed by atoms with E-state index in [0.29, 0.717) is 29.7 Å². The van der Waals surface area contributed by atoms with Crippen LogP contribution in [0.25, 0.3) is 5.69 Å². The molecule has 0 saturated heterocycles. The first kappa shape index (κ1) is 18.3. The quantitative estimate of drug-likeness (QED) is 0.732. The van der Waals surface area contributed by atoms with Crippen molar-refractivity contribution in [1.29, 1.82) is 0 Å². The lowest BCUT2D eigenvalue weighted by atomic mass is 9.96. The van der Waals surface area contributed by atoms with Gasteiger partial charge in [0.25, 0.3) is 0 Å². The van der Waals surface area contributed by atoms with Crippen molar-refractivity contribution in [1.82, 2.24) is 14.8 Å². The molecule has 28 heavy (non-hydrogen) atoms. The van der Waals surface area contributed by atoms with Crippen molar-refractivity contribution in [2.75, 3.05) is 30.9 Å². The summed E-state index contributed by atoms with van der Waals surface area (Å²) in [6.45, 7) is 0.343. The number of halogens is 1. The van der Waals surface area contributed by atoms with Crippen LogP contribution in [-0.2, 0) is 11.2 Å². The van der Waals surface area contributed by atoms with Gasteiger partial charge in [-0.15, -0.1) is 5.10 Å². The van der Waals surface area contributed by atoms with E-state index in [2.05, 4.69) is 15.4 Å². The van der Waals surface area contributed by atoms with Gasteiger partial charge in [0, 0.05) is 24.8 Å². The molecule has 1 aromatic heterocycles. The minimum absolute atomic E-state index is 0.0876. The van der Waals surface area contributed by atoms with Crippen molar-refractivity contribution in [3.8, 4) is 11.4 Å². The molecule has 0 aliphatic carbocycles. The van der Waals surface area contributed by atoms with Crippen LogP contribution < -0.4 is 15.0 Å². The Morgan fingerprint density at radius 1 is 1.29 bits per heavy atom. The van der Waals surface area contributed by atoms with Gasteiger partial charge >= 0.3 is 0 Å². The molecular weight excluding hydrogens is 378 g/mol. The van der Waals surface area contributed by atoms with E-state index in [1.807, 2.05) is 55.4 Å². The molecule has 2 heterocycles. The Morgan fingerprint density at radius 2 is 2.14 bits per heavy atom. The fourth-order valence-electron chi connectivity index (χ4n) is 3.09. The van der Waals surface area contributed by atoms with E-state index in [9.17, 15) is 4.79 Å². The van der Waals surface area contributed by atoms with Crippen LogP contribution in [-0.4, -0.2) is 41.4 Å². The smallest absolute Gasteiger partial charge is 0.244 e. The lowest BCUT2D eigenvalue weighted by Crippen LogP contribution is -2.32. The number of carbonyl (C=O) groups is 1. The standard InChI is InChI=1S/C20H20ClN5O2/c1-25(2)20-22-12-26(24-20)17-5-3-4-16(10-17)23-19(27)14-8-13-9-15(21)6-7-18(13)28-11-14/h3-7,9-10,12,14H,8,11H2,1-2H3,(H,23,27)/t14-/m1/s1. The zero-order valence-electron chi connectivity index (χ0n) is 15.6. The lowest BCUT2D eigenvalue weighted by Gasteiger charge is -2.24. The monoisotopic (exact) mass is 397 g/mol. The van der Waals surface area contributed by atoms with Gasteiger partial charge < -0.3 is 15.0 Å². The summed E-state index contributed by atoms with van der Waals surface area (Å²) >= 11 is 6.06. The molecule has 3 aromatic rings. The van der Waals surface area contributed by atoms with Crippen LogP contribution in [0, 0.1) is 5.92 Å². The van der Waals surface area contributed by atoms with Crippen molar-refractivity contribution >= 4 is 29.1 Å². The minimum atomic E-state index is -0.277. The molecule has 0 unspecified atom stereocenters. The SMILES string of the molecule is CN(C)c1ncn(-c2cccc(NC(=O)[C@H]3COc4ccc(Cl)cc4C3)c2)n1. The highest BCUT2D eigenvalue weighted by Crippen LogP contribution is 2.30. The molecule has 144 valence electrons. The number of anilines is 2. The van der Waals surface area contributed by atoms with Crippen LogP contribution in [0.4, 0.5) is 11.6 Å². The number of fused-ring (bicyclic) bond motifs is 1. The fraction of sp³-hybridized carbons (Fsp3) is 0.250. The first-order valence-corrected chi connectivity index (χ1v) is 9.29. The van der Waals surface area contributed by atoms with Gasteiger partial charge in [-0.25, -0.2) is 4.68 Å². The summed E-state index contributed by atoms with van der Waals surface area (Å²) < 4.78 is 7.40. The summed E-state index contributed by atoms with van der Waals surface area (Å²) in [4.78, 5) is 18.8. The lowest BCUT2D eigenvalue weighted by molar-refractivity contribution is -0.121. The highest BCUT2D eigenvalue weighted by molar-refractivity contribution is 6.30. The van der Waals surface area contributed by atoms with Gasteiger partial charge in [-0.3, -0.25) is 4.79 Å². The third kappa shape index (κ3) is 3.80. The van der Waals surface area contributed by atoms with Crippen molar-refractivity contribution in [2.45, 2.75) is 6.42 Å². The molecule has 0 bridgehead atoms. The van der Waals surface area contributed by atoms with E-state index in [1.54, 1.807) is 17.1 Å². The highest BCUT2D eigenvalue weighted by Gasteiger charge is 2.26. The van der Waals surface area contributed by atoms with Gasteiger partial charge in [0.15, 0.2) is 0 Å². The number of carbonyl (C=O) groups excluding carboxylic acids is 1. The number of nitrogens with zero attached hydrogens (tertiary/aromatic N) is 4. The second-order valence-corrected chi connectivity index (χ2v) is 7.32. The van der Waals surface area contributed by atoms with Crippen molar-refractivity contribution in [2.24, 2.45) is 5.92 Å². The van der Waals surface area contributed by atoms with Crippen LogP contribution in [0.1, 0.15) is 5.56 Å². The molecule has 0 fully saturated rings. The van der Waals surface area contributed by atoms with Crippen LogP contribution in [0.5, 0.6) is 5.75 Å². The molecule has 1 aliphatic rings. The van der Waals surface area contributed by atoms with E-state index in [-0.39, 0.29) is 11.8 Å². The number of amides is 1. The van der Waals surface area contributed by atoms with Crippen LogP contribution in [0.2, 0.25) is 5.02 Å². The van der Waals surface area contributed by atoms with Gasteiger partial charge in [0.05, 0.1) is 11.6 Å². The second kappa shape index (κ2) is 7.52. The first-order valence-electron chi connectivity index (χ1n) is 8.91. The van der Waals surface area contributed by atoms with E-state index >= 15 is 0 Å². The summed E-state index contributed by atoms with van der Waals surface area (Å²) in [6, 6.07) is 13.0. The molecule has 1 atom stereocenters. The average Bonchev–Trinajstić information content (AvgIpc) is 3.18. The van der Waals surface area contributed by atoms with Gasteiger partial charge in [0.1, 0.15) is 18.7 Å². The number of benzene rings is 2. The minimum Gasteiger partial charge on any atom is -0.492 e. The molecule has 7 nitrogen and oxygen atoms in total. The van der Waals surface area contributed by atoms with Crippen LogP contribution in [0.3, 0.4) is 0 Å². The highest BCUT2D eigenvalue weighted by atomic mass is 35.5. The third-order valence-corrected chi connectivity index (χ3v) is 4.79. The van der Waals surface area contributed by atoms with Crippen molar-refractivity contribution < 1.29 is 9.53 Å². The molecule has 1 aliphatic heterocycles. The number of hydrogen-bond acceptors (Lipinski definition) is 5. The van der Waals surface area contributed by atoms with E-state index < -0.39 is 0 Å².